The van der Waals surface area contributed by atoms with Gasteiger partial charge in [0.15, 0.2) is 0 Å². The molecule has 4 heteroatoms. The second-order valence-corrected chi connectivity index (χ2v) is 6.46. The molecule has 0 aliphatic heterocycles. The molecule has 1 N–H and O–H groups in total. The molecular formula is C14H14Cl2OS. The van der Waals surface area contributed by atoms with Gasteiger partial charge >= 0.3 is 0 Å². The van der Waals surface area contributed by atoms with Crippen molar-refractivity contribution in [2.75, 3.05) is 0 Å². The summed E-state index contributed by atoms with van der Waals surface area (Å²) in [5, 5.41) is 10.1. The van der Waals surface area contributed by atoms with Crippen LogP contribution >= 0.6 is 34.5 Å². The van der Waals surface area contributed by atoms with Crippen LogP contribution in [0, 0.1) is 0 Å². The first kappa shape index (κ1) is 13.9. The van der Waals surface area contributed by atoms with Crippen molar-refractivity contribution in [3.8, 4) is 0 Å². The van der Waals surface area contributed by atoms with Gasteiger partial charge in [0.1, 0.15) is 4.34 Å². The van der Waals surface area contributed by atoms with Crippen molar-refractivity contribution in [2.45, 2.75) is 25.4 Å². The standard InChI is InChI=1S/C14H14Cl2OS/c15-13-9-11(14(16)18-13)12(17)8-4-7-10-5-2-1-3-6-10/h1-3,5-6,9,12,17H,4,7-8H2. The maximum absolute atomic E-state index is 10.1. The van der Waals surface area contributed by atoms with Crippen molar-refractivity contribution in [1.29, 1.82) is 0 Å². The minimum Gasteiger partial charge on any atom is -0.388 e. The molecule has 96 valence electrons. The highest BCUT2D eigenvalue weighted by Gasteiger charge is 2.14. The Hall–Kier alpha value is -0.540. The molecule has 0 radical (unpaired) electrons. The van der Waals surface area contributed by atoms with Crippen LogP contribution in [0.2, 0.25) is 8.67 Å². The lowest BCUT2D eigenvalue weighted by atomic mass is 10.0. The smallest absolute Gasteiger partial charge is 0.100 e. The first-order valence-corrected chi connectivity index (χ1v) is 7.41. The van der Waals surface area contributed by atoms with Crippen molar-refractivity contribution in [1.82, 2.24) is 0 Å². The molecule has 1 heterocycles. The van der Waals surface area contributed by atoms with Gasteiger partial charge in [-0.25, -0.2) is 0 Å². The van der Waals surface area contributed by atoms with Gasteiger partial charge in [-0.1, -0.05) is 53.5 Å². The maximum Gasteiger partial charge on any atom is 0.100 e. The Morgan fingerprint density at radius 1 is 1.17 bits per heavy atom. The van der Waals surface area contributed by atoms with Gasteiger partial charge in [-0.15, -0.1) is 11.3 Å². The number of hydrogen-bond donors (Lipinski definition) is 1. The van der Waals surface area contributed by atoms with Gasteiger partial charge in [0.05, 0.1) is 10.4 Å². The van der Waals surface area contributed by atoms with Gasteiger partial charge in [-0.2, -0.15) is 0 Å². The number of halogens is 2. The van der Waals surface area contributed by atoms with Crippen LogP contribution < -0.4 is 0 Å². The highest BCUT2D eigenvalue weighted by atomic mass is 35.5. The summed E-state index contributed by atoms with van der Waals surface area (Å²) >= 11 is 13.2. The predicted octanol–water partition coefficient (Wildman–Crippen LogP) is 5.11. The Balaban J connectivity index is 1.85. The van der Waals surface area contributed by atoms with Crippen molar-refractivity contribution < 1.29 is 5.11 Å². The fourth-order valence-electron chi connectivity index (χ4n) is 1.88. The molecular weight excluding hydrogens is 287 g/mol. The van der Waals surface area contributed by atoms with E-state index in [1.807, 2.05) is 18.2 Å². The summed E-state index contributed by atoms with van der Waals surface area (Å²) in [5.74, 6) is 0. The van der Waals surface area contributed by atoms with Gasteiger partial charge in [-0.05, 0) is 30.9 Å². The maximum atomic E-state index is 10.1. The molecule has 0 bridgehead atoms. The van der Waals surface area contributed by atoms with Crippen LogP contribution in [0.4, 0.5) is 0 Å². The van der Waals surface area contributed by atoms with Gasteiger partial charge in [-0.3, -0.25) is 0 Å². The molecule has 0 amide bonds. The minimum atomic E-state index is -0.523. The third-order valence-corrected chi connectivity index (χ3v) is 4.35. The normalized spacial score (nSPS) is 12.6. The van der Waals surface area contributed by atoms with E-state index in [2.05, 4.69) is 12.1 Å². The molecule has 1 atom stereocenters. The van der Waals surface area contributed by atoms with E-state index in [-0.39, 0.29) is 0 Å². The fraction of sp³-hybridized carbons (Fsp3) is 0.286. The molecule has 0 aliphatic carbocycles. The van der Waals surface area contributed by atoms with Crippen molar-refractivity contribution in [3.63, 3.8) is 0 Å². The summed E-state index contributed by atoms with van der Waals surface area (Å²) in [6.07, 6.45) is 2.06. The van der Waals surface area contributed by atoms with Crippen LogP contribution in [0.3, 0.4) is 0 Å². The van der Waals surface area contributed by atoms with E-state index in [9.17, 15) is 5.11 Å². The van der Waals surface area contributed by atoms with E-state index in [0.29, 0.717) is 15.1 Å². The second-order valence-electron chi connectivity index (χ2n) is 4.17. The Morgan fingerprint density at radius 2 is 1.89 bits per heavy atom. The number of rotatable bonds is 5. The predicted molar refractivity (Wildman–Crippen MR) is 78.7 cm³/mol. The molecule has 0 aliphatic rings. The lowest BCUT2D eigenvalue weighted by Crippen LogP contribution is -1.97. The van der Waals surface area contributed by atoms with Crippen LogP contribution in [-0.4, -0.2) is 5.11 Å². The van der Waals surface area contributed by atoms with Gasteiger partial charge in [0.25, 0.3) is 0 Å². The first-order chi connectivity index (χ1) is 8.66. The minimum absolute atomic E-state index is 0.523. The summed E-state index contributed by atoms with van der Waals surface area (Å²) in [5.41, 5.74) is 2.04. The number of aliphatic hydroxyl groups excluding tert-OH is 1. The monoisotopic (exact) mass is 300 g/mol. The number of aryl methyl sites for hydroxylation is 1. The number of benzene rings is 1. The molecule has 1 nitrogen and oxygen atoms in total. The summed E-state index contributed by atoms with van der Waals surface area (Å²) in [6.45, 7) is 0. The van der Waals surface area contributed by atoms with E-state index < -0.39 is 6.10 Å². The molecule has 0 saturated carbocycles. The van der Waals surface area contributed by atoms with Crippen molar-refractivity contribution >= 4 is 34.5 Å². The van der Waals surface area contributed by atoms with E-state index in [0.717, 1.165) is 18.4 Å². The highest BCUT2D eigenvalue weighted by Crippen LogP contribution is 2.36. The van der Waals surface area contributed by atoms with Crippen LogP contribution in [0.5, 0.6) is 0 Å². The molecule has 0 saturated heterocycles. The van der Waals surface area contributed by atoms with Crippen molar-refractivity contribution in [2.24, 2.45) is 0 Å². The lowest BCUT2D eigenvalue weighted by Gasteiger charge is -2.09. The number of hydrogen-bond acceptors (Lipinski definition) is 2. The Labute approximate surface area is 121 Å². The molecule has 2 rings (SSSR count). The summed E-state index contributed by atoms with van der Waals surface area (Å²) in [4.78, 5) is 0. The summed E-state index contributed by atoms with van der Waals surface area (Å²) in [7, 11) is 0. The molecule has 0 fully saturated rings. The molecule has 1 unspecified atom stereocenters. The summed E-state index contributed by atoms with van der Waals surface area (Å²) < 4.78 is 1.21. The Bertz CT molecular complexity index is 496. The number of thiophene rings is 1. The third kappa shape index (κ3) is 3.72. The third-order valence-electron chi connectivity index (χ3n) is 2.83. The average molecular weight is 301 g/mol. The van der Waals surface area contributed by atoms with Crippen molar-refractivity contribution in [3.05, 3.63) is 56.2 Å². The topological polar surface area (TPSA) is 20.2 Å². The van der Waals surface area contributed by atoms with Gasteiger partial charge in [0.2, 0.25) is 0 Å². The van der Waals surface area contributed by atoms with Crippen LogP contribution in [0.25, 0.3) is 0 Å². The molecule has 18 heavy (non-hydrogen) atoms. The Morgan fingerprint density at radius 3 is 2.50 bits per heavy atom. The molecule has 1 aromatic heterocycles. The quantitative estimate of drug-likeness (QED) is 0.813. The number of aliphatic hydroxyl groups is 1. The molecule has 1 aromatic carbocycles. The first-order valence-electron chi connectivity index (χ1n) is 5.83. The zero-order chi connectivity index (χ0) is 13.0. The van der Waals surface area contributed by atoms with E-state index in [4.69, 9.17) is 23.2 Å². The van der Waals surface area contributed by atoms with Crippen LogP contribution in [0.15, 0.2) is 36.4 Å². The zero-order valence-electron chi connectivity index (χ0n) is 9.77. The Kier molecular flexibility index (Phi) is 5.07. The summed E-state index contributed by atoms with van der Waals surface area (Å²) in [6, 6.07) is 12.0. The fourth-order valence-corrected chi connectivity index (χ4v) is 3.45. The van der Waals surface area contributed by atoms with Crippen LogP contribution in [0.1, 0.15) is 30.1 Å². The molecule has 2 aromatic rings. The van der Waals surface area contributed by atoms with Gasteiger partial charge < -0.3 is 5.11 Å². The zero-order valence-corrected chi connectivity index (χ0v) is 12.1. The van der Waals surface area contributed by atoms with E-state index in [1.165, 1.54) is 16.9 Å². The average Bonchev–Trinajstić information content (AvgIpc) is 2.70. The van der Waals surface area contributed by atoms with Crippen LogP contribution in [-0.2, 0) is 6.42 Å². The highest BCUT2D eigenvalue weighted by molar-refractivity contribution is 7.20. The largest absolute Gasteiger partial charge is 0.388 e. The SMILES string of the molecule is OC(CCCc1ccccc1)c1cc(Cl)sc1Cl. The van der Waals surface area contributed by atoms with E-state index in [1.54, 1.807) is 6.07 Å². The van der Waals surface area contributed by atoms with Gasteiger partial charge in [0, 0.05) is 5.56 Å². The molecule has 0 spiro atoms. The van der Waals surface area contributed by atoms with E-state index >= 15 is 0 Å². The lowest BCUT2D eigenvalue weighted by molar-refractivity contribution is 0.165. The second kappa shape index (κ2) is 6.58.